The Morgan fingerprint density at radius 3 is 2.68 bits per heavy atom. The summed E-state index contributed by atoms with van der Waals surface area (Å²) in [6.07, 6.45) is 0. The largest absolute Gasteiger partial charge is 0.467 e. The van der Waals surface area contributed by atoms with Crippen molar-refractivity contribution in [3.05, 3.63) is 35.8 Å². The lowest BCUT2D eigenvalue weighted by Crippen LogP contribution is -1.96. The van der Waals surface area contributed by atoms with Crippen LogP contribution in [0.4, 0.5) is 0 Å². The second-order valence-corrected chi connectivity index (χ2v) is 4.44. The Bertz CT molecular complexity index is 748. The average molecular weight is 254 g/mol. The van der Waals surface area contributed by atoms with Crippen LogP contribution in [-0.4, -0.2) is 27.0 Å². The Labute approximate surface area is 110 Å². The normalized spacial score (nSPS) is 10.9. The van der Waals surface area contributed by atoms with Gasteiger partial charge in [0.1, 0.15) is 5.82 Å². The van der Waals surface area contributed by atoms with E-state index in [2.05, 4.69) is 19.9 Å². The molecule has 2 aromatic heterocycles. The zero-order chi connectivity index (χ0) is 13.4. The second-order valence-electron chi connectivity index (χ2n) is 4.44. The summed E-state index contributed by atoms with van der Waals surface area (Å²) >= 11 is 0. The predicted octanol–water partition coefficient (Wildman–Crippen LogP) is 2.65. The molecule has 0 fully saturated rings. The molecule has 1 aromatic carbocycles. The minimum Gasteiger partial charge on any atom is -0.467 e. The molecule has 0 aliphatic carbocycles. The van der Waals surface area contributed by atoms with Crippen molar-refractivity contribution >= 4 is 11.0 Å². The number of H-pyrrole nitrogens is 1. The summed E-state index contributed by atoms with van der Waals surface area (Å²) < 4.78 is 5.11. The number of fused-ring (bicyclic) bond motifs is 1. The van der Waals surface area contributed by atoms with Gasteiger partial charge in [0.25, 0.3) is 0 Å². The van der Waals surface area contributed by atoms with Gasteiger partial charge < -0.3 is 9.72 Å². The number of nitrogens with zero attached hydrogens (tertiary/aromatic N) is 3. The lowest BCUT2D eigenvalue weighted by Gasteiger charge is -2.04. The molecule has 0 atom stereocenters. The van der Waals surface area contributed by atoms with Crippen LogP contribution in [0.1, 0.15) is 11.5 Å². The molecule has 5 heteroatoms. The monoisotopic (exact) mass is 254 g/mol. The van der Waals surface area contributed by atoms with Gasteiger partial charge in [-0.15, -0.1) is 0 Å². The molecule has 0 spiro atoms. The standard InChI is InChI=1S/C14H14N4O/c1-8-6-12(18-14(15-8)19-3)10-4-5-11-13(7-10)17-9(2)16-11/h4-7H,1-3H3,(H,16,17). The van der Waals surface area contributed by atoms with E-state index in [4.69, 9.17) is 4.74 Å². The number of methoxy groups -OCH3 is 1. The maximum Gasteiger partial charge on any atom is 0.316 e. The van der Waals surface area contributed by atoms with Crippen molar-refractivity contribution in [2.24, 2.45) is 0 Å². The van der Waals surface area contributed by atoms with Crippen LogP contribution in [0.2, 0.25) is 0 Å². The van der Waals surface area contributed by atoms with Gasteiger partial charge in [0, 0.05) is 11.3 Å². The molecule has 1 N–H and O–H groups in total. The van der Waals surface area contributed by atoms with Crippen molar-refractivity contribution in [3.63, 3.8) is 0 Å². The highest BCUT2D eigenvalue weighted by Gasteiger charge is 2.07. The topological polar surface area (TPSA) is 63.7 Å². The molecular weight excluding hydrogens is 240 g/mol. The summed E-state index contributed by atoms with van der Waals surface area (Å²) in [7, 11) is 1.57. The fourth-order valence-corrected chi connectivity index (χ4v) is 2.08. The third kappa shape index (κ3) is 2.14. The fourth-order valence-electron chi connectivity index (χ4n) is 2.08. The average Bonchev–Trinajstić information content (AvgIpc) is 2.76. The minimum atomic E-state index is 0.385. The Balaban J connectivity index is 2.15. The number of aromatic amines is 1. The van der Waals surface area contributed by atoms with Crippen LogP contribution in [-0.2, 0) is 0 Å². The molecule has 0 amide bonds. The third-order valence-electron chi connectivity index (χ3n) is 2.91. The van der Waals surface area contributed by atoms with Gasteiger partial charge in [0.15, 0.2) is 0 Å². The van der Waals surface area contributed by atoms with E-state index >= 15 is 0 Å². The molecule has 19 heavy (non-hydrogen) atoms. The van der Waals surface area contributed by atoms with E-state index in [0.717, 1.165) is 33.8 Å². The Morgan fingerprint density at radius 1 is 1.05 bits per heavy atom. The van der Waals surface area contributed by atoms with Crippen LogP contribution in [0.3, 0.4) is 0 Å². The number of hydrogen-bond acceptors (Lipinski definition) is 4. The predicted molar refractivity (Wildman–Crippen MR) is 73.1 cm³/mol. The molecular formula is C14H14N4O. The highest BCUT2D eigenvalue weighted by molar-refractivity contribution is 5.81. The van der Waals surface area contributed by atoms with Crippen molar-refractivity contribution in [1.82, 2.24) is 19.9 Å². The van der Waals surface area contributed by atoms with Crippen molar-refractivity contribution < 1.29 is 4.74 Å². The van der Waals surface area contributed by atoms with Crippen LogP contribution in [0.15, 0.2) is 24.3 Å². The Morgan fingerprint density at radius 2 is 1.89 bits per heavy atom. The number of ether oxygens (including phenoxy) is 1. The molecule has 3 aromatic rings. The van der Waals surface area contributed by atoms with Gasteiger partial charge in [0.05, 0.1) is 23.8 Å². The first kappa shape index (κ1) is 11.6. The Hall–Kier alpha value is -2.43. The highest BCUT2D eigenvalue weighted by atomic mass is 16.5. The van der Waals surface area contributed by atoms with Crippen molar-refractivity contribution in [3.8, 4) is 17.3 Å². The van der Waals surface area contributed by atoms with E-state index < -0.39 is 0 Å². The zero-order valence-corrected chi connectivity index (χ0v) is 11.1. The summed E-state index contributed by atoms with van der Waals surface area (Å²) in [5.74, 6) is 0.906. The van der Waals surface area contributed by atoms with Gasteiger partial charge in [0.2, 0.25) is 0 Å². The van der Waals surface area contributed by atoms with Gasteiger partial charge in [-0.2, -0.15) is 4.98 Å². The first-order valence-electron chi connectivity index (χ1n) is 6.02. The molecule has 96 valence electrons. The van der Waals surface area contributed by atoms with E-state index in [1.807, 2.05) is 38.1 Å². The lowest BCUT2D eigenvalue weighted by molar-refractivity contribution is 0.379. The number of aryl methyl sites for hydroxylation is 2. The fraction of sp³-hybridized carbons (Fsp3) is 0.214. The van der Waals surface area contributed by atoms with Gasteiger partial charge in [-0.1, -0.05) is 6.07 Å². The molecule has 0 aliphatic heterocycles. The second kappa shape index (κ2) is 4.35. The summed E-state index contributed by atoms with van der Waals surface area (Å²) in [4.78, 5) is 16.2. The zero-order valence-electron chi connectivity index (χ0n) is 11.1. The van der Waals surface area contributed by atoms with Crippen LogP contribution in [0.5, 0.6) is 6.01 Å². The first-order chi connectivity index (χ1) is 9.15. The minimum absolute atomic E-state index is 0.385. The van der Waals surface area contributed by atoms with E-state index in [1.54, 1.807) is 7.11 Å². The number of aromatic nitrogens is 4. The number of benzene rings is 1. The van der Waals surface area contributed by atoms with Gasteiger partial charge in [-0.25, -0.2) is 9.97 Å². The quantitative estimate of drug-likeness (QED) is 0.763. The van der Waals surface area contributed by atoms with E-state index in [0.29, 0.717) is 6.01 Å². The van der Waals surface area contributed by atoms with Gasteiger partial charge >= 0.3 is 6.01 Å². The molecule has 0 radical (unpaired) electrons. The molecule has 0 saturated carbocycles. The number of hydrogen-bond donors (Lipinski definition) is 1. The van der Waals surface area contributed by atoms with Gasteiger partial charge in [-0.05, 0) is 32.0 Å². The number of nitrogens with one attached hydrogen (secondary N) is 1. The van der Waals surface area contributed by atoms with Crippen molar-refractivity contribution in [2.75, 3.05) is 7.11 Å². The smallest absolute Gasteiger partial charge is 0.316 e. The van der Waals surface area contributed by atoms with E-state index in [-0.39, 0.29) is 0 Å². The van der Waals surface area contributed by atoms with Crippen molar-refractivity contribution in [1.29, 1.82) is 0 Å². The lowest BCUT2D eigenvalue weighted by atomic mass is 10.1. The third-order valence-corrected chi connectivity index (χ3v) is 2.91. The maximum absolute atomic E-state index is 5.11. The summed E-state index contributed by atoms with van der Waals surface area (Å²) in [5.41, 5.74) is 4.70. The summed E-state index contributed by atoms with van der Waals surface area (Å²) in [6, 6.07) is 8.35. The molecule has 0 saturated heterocycles. The molecule has 0 bridgehead atoms. The summed E-state index contributed by atoms with van der Waals surface area (Å²) in [6.45, 7) is 3.87. The molecule has 0 unspecified atom stereocenters. The van der Waals surface area contributed by atoms with Crippen LogP contribution < -0.4 is 4.74 Å². The maximum atomic E-state index is 5.11. The number of imidazole rings is 1. The van der Waals surface area contributed by atoms with Gasteiger partial charge in [-0.3, -0.25) is 0 Å². The van der Waals surface area contributed by atoms with E-state index in [1.165, 1.54) is 0 Å². The van der Waals surface area contributed by atoms with Crippen LogP contribution in [0.25, 0.3) is 22.3 Å². The molecule has 3 rings (SSSR count). The molecule has 5 nitrogen and oxygen atoms in total. The van der Waals surface area contributed by atoms with Crippen LogP contribution >= 0.6 is 0 Å². The molecule has 0 aliphatic rings. The van der Waals surface area contributed by atoms with Crippen molar-refractivity contribution in [2.45, 2.75) is 13.8 Å². The summed E-state index contributed by atoms with van der Waals surface area (Å²) in [5, 5.41) is 0. The highest BCUT2D eigenvalue weighted by Crippen LogP contribution is 2.23. The first-order valence-corrected chi connectivity index (χ1v) is 6.02. The number of rotatable bonds is 2. The van der Waals surface area contributed by atoms with Crippen LogP contribution in [0, 0.1) is 13.8 Å². The molecule has 2 heterocycles. The SMILES string of the molecule is COc1nc(C)cc(-c2ccc3nc(C)[nH]c3c2)n1. The van der Waals surface area contributed by atoms with E-state index in [9.17, 15) is 0 Å². The Kier molecular flexibility index (Phi) is 2.67.